The van der Waals surface area contributed by atoms with Crippen LogP contribution in [0.25, 0.3) is 0 Å². The first-order valence-electron chi connectivity index (χ1n) is 3.17. The second-order valence-corrected chi connectivity index (χ2v) is 2.91. The van der Waals surface area contributed by atoms with Crippen LogP contribution in [0.5, 0.6) is 0 Å². The van der Waals surface area contributed by atoms with Gasteiger partial charge < -0.3 is 5.11 Å². The van der Waals surface area contributed by atoms with Crippen molar-refractivity contribution < 1.29 is 14.8 Å². The zero-order valence-corrected chi connectivity index (χ0v) is 7.91. The van der Waals surface area contributed by atoms with Gasteiger partial charge in [0.2, 0.25) is 5.15 Å². The molecular weight excluding hydrogens is 235 g/mol. The fraction of sp³-hybridized carbons (Fsp3) is 0. The summed E-state index contributed by atoms with van der Waals surface area (Å²) in [6.45, 7) is 0. The maximum absolute atomic E-state index is 10.5. The van der Waals surface area contributed by atoms with Crippen LogP contribution >= 0.6 is 23.2 Å². The van der Waals surface area contributed by atoms with Crippen LogP contribution in [0.1, 0.15) is 10.4 Å². The number of carbonyl (C=O) groups is 1. The van der Waals surface area contributed by atoms with Gasteiger partial charge in [0.15, 0.2) is 0 Å². The van der Waals surface area contributed by atoms with Gasteiger partial charge in [0.25, 0.3) is 0 Å². The molecule has 0 bridgehead atoms. The largest absolute Gasteiger partial charge is 0.478 e. The van der Waals surface area contributed by atoms with Gasteiger partial charge in [-0.25, -0.2) is 9.78 Å². The van der Waals surface area contributed by atoms with Crippen molar-refractivity contribution in [2.24, 2.45) is 0 Å². The summed E-state index contributed by atoms with van der Waals surface area (Å²) in [5.41, 5.74) is -1.05. The lowest BCUT2D eigenvalue weighted by atomic mass is 10.3. The highest BCUT2D eigenvalue weighted by Crippen LogP contribution is 2.27. The molecule has 0 fully saturated rings. The Morgan fingerprint density at radius 3 is 2.50 bits per heavy atom. The van der Waals surface area contributed by atoms with Crippen LogP contribution in [-0.2, 0) is 0 Å². The minimum Gasteiger partial charge on any atom is -0.478 e. The molecule has 6 nitrogen and oxygen atoms in total. The second kappa shape index (κ2) is 3.77. The summed E-state index contributed by atoms with van der Waals surface area (Å²) in [5, 5.41) is 18.1. The van der Waals surface area contributed by atoms with Gasteiger partial charge in [0.1, 0.15) is 10.7 Å². The van der Waals surface area contributed by atoms with Crippen LogP contribution in [0, 0.1) is 10.1 Å². The van der Waals surface area contributed by atoms with Crippen molar-refractivity contribution in [1.29, 1.82) is 0 Å². The Bertz CT molecular complexity index is 385. The molecule has 1 N–H and O–H groups in total. The molecular formula is C6H2Cl2N2O4. The molecule has 74 valence electrons. The lowest BCUT2D eigenvalue weighted by Gasteiger charge is -1.99. The van der Waals surface area contributed by atoms with Crippen LogP contribution in [0.4, 0.5) is 5.69 Å². The summed E-state index contributed by atoms with van der Waals surface area (Å²) in [4.78, 5) is 23.4. The normalized spacial score (nSPS) is 9.86. The molecule has 8 heteroatoms. The summed E-state index contributed by atoms with van der Waals surface area (Å²) < 4.78 is 0. The lowest BCUT2D eigenvalue weighted by molar-refractivity contribution is -0.385. The van der Waals surface area contributed by atoms with E-state index < -0.39 is 27.3 Å². The van der Waals surface area contributed by atoms with E-state index in [-0.39, 0.29) is 5.15 Å². The molecule has 0 aliphatic heterocycles. The molecule has 1 rings (SSSR count). The fourth-order valence-corrected chi connectivity index (χ4v) is 1.21. The molecule has 0 spiro atoms. The van der Waals surface area contributed by atoms with Gasteiger partial charge in [-0.15, -0.1) is 0 Å². The maximum Gasteiger partial charge on any atom is 0.339 e. The lowest BCUT2D eigenvalue weighted by Crippen LogP contribution is -2.02. The molecule has 0 aliphatic carbocycles. The number of hydrogen-bond acceptors (Lipinski definition) is 4. The highest BCUT2D eigenvalue weighted by molar-refractivity contribution is 6.35. The van der Waals surface area contributed by atoms with E-state index in [0.717, 1.165) is 6.07 Å². The van der Waals surface area contributed by atoms with Crippen LogP contribution < -0.4 is 0 Å². The van der Waals surface area contributed by atoms with E-state index in [1.54, 1.807) is 0 Å². The summed E-state index contributed by atoms with van der Waals surface area (Å²) >= 11 is 10.8. The monoisotopic (exact) mass is 236 g/mol. The number of carboxylic acids is 1. The zero-order chi connectivity index (χ0) is 10.9. The van der Waals surface area contributed by atoms with Gasteiger partial charge >= 0.3 is 11.7 Å². The van der Waals surface area contributed by atoms with Gasteiger partial charge in [-0.05, 0) is 0 Å². The third kappa shape index (κ3) is 1.91. The van der Waals surface area contributed by atoms with E-state index in [9.17, 15) is 14.9 Å². The Hall–Kier alpha value is -1.40. The van der Waals surface area contributed by atoms with Gasteiger partial charge in [-0.1, -0.05) is 23.2 Å². The molecule has 0 aromatic carbocycles. The predicted molar refractivity (Wildman–Crippen MR) is 47.9 cm³/mol. The number of halogens is 2. The van der Waals surface area contributed by atoms with Crippen LogP contribution in [0.2, 0.25) is 10.3 Å². The van der Waals surface area contributed by atoms with E-state index in [1.807, 2.05) is 0 Å². The molecule has 0 unspecified atom stereocenters. The van der Waals surface area contributed by atoms with Crippen molar-refractivity contribution >= 4 is 34.9 Å². The Labute approximate surface area is 87.2 Å². The quantitative estimate of drug-likeness (QED) is 0.482. The molecule has 14 heavy (non-hydrogen) atoms. The van der Waals surface area contributed by atoms with Gasteiger partial charge in [0, 0.05) is 6.07 Å². The third-order valence-electron chi connectivity index (χ3n) is 1.34. The van der Waals surface area contributed by atoms with Gasteiger partial charge in [0.05, 0.1) is 4.92 Å². The average molecular weight is 237 g/mol. The summed E-state index contributed by atoms with van der Waals surface area (Å²) in [6, 6.07) is 0.764. The van der Waals surface area contributed by atoms with Crippen LogP contribution in [0.3, 0.4) is 0 Å². The fourth-order valence-electron chi connectivity index (χ4n) is 0.738. The zero-order valence-electron chi connectivity index (χ0n) is 6.40. The van der Waals surface area contributed by atoms with E-state index >= 15 is 0 Å². The molecule has 0 amide bonds. The van der Waals surface area contributed by atoms with Crippen molar-refractivity contribution in [3.63, 3.8) is 0 Å². The first-order valence-corrected chi connectivity index (χ1v) is 3.92. The van der Waals surface area contributed by atoms with Crippen LogP contribution in [0.15, 0.2) is 6.07 Å². The Morgan fingerprint density at radius 1 is 1.50 bits per heavy atom. The molecule has 0 saturated heterocycles. The molecule has 1 aromatic heterocycles. The van der Waals surface area contributed by atoms with Crippen molar-refractivity contribution in [1.82, 2.24) is 4.98 Å². The predicted octanol–water partition coefficient (Wildman–Crippen LogP) is 1.99. The molecule has 0 atom stereocenters. The first-order chi connectivity index (χ1) is 6.43. The minimum absolute atomic E-state index is 0.381. The first kappa shape index (κ1) is 10.7. The number of aromatic nitrogens is 1. The molecule has 1 heterocycles. The van der Waals surface area contributed by atoms with E-state index in [2.05, 4.69) is 4.98 Å². The number of rotatable bonds is 2. The molecule has 0 radical (unpaired) electrons. The number of aromatic carboxylic acids is 1. The topological polar surface area (TPSA) is 93.3 Å². The third-order valence-corrected chi connectivity index (χ3v) is 1.90. The van der Waals surface area contributed by atoms with Gasteiger partial charge in [-0.3, -0.25) is 10.1 Å². The Morgan fingerprint density at radius 2 is 2.07 bits per heavy atom. The van der Waals surface area contributed by atoms with Crippen molar-refractivity contribution in [2.45, 2.75) is 0 Å². The Balaban J connectivity index is 3.42. The SMILES string of the molecule is O=C(O)c1cc([N+](=O)[O-])c(Cl)nc1Cl. The second-order valence-electron chi connectivity index (χ2n) is 2.20. The highest BCUT2D eigenvalue weighted by Gasteiger charge is 2.20. The number of hydrogen-bond donors (Lipinski definition) is 1. The highest BCUT2D eigenvalue weighted by atomic mass is 35.5. The average Bonchev–Trinajstić information content (AvgIpc) is 2.02. The van der Waals surface area contributed by atoms with Crippen LogP contribution in [-0.4, -0.2) is 21.0 Å². The van der Waals surface area contributed by atoms with E-state index in [0.29, 0.717) is 0 Å². The summed E-state index contributed by atoms with van der Waals surface area (Å²) in [6.07, 6.45) is 0. The summed E-state index contributed by atoms with van der Waals surface area (Å²) in [7, 11) is 0. The van der Waals surface area contributed by atoms with E-state index in [1.165, 1.54) is 0 Å². The maximum atomic E-state index is 10.5. The summed E-state index contributed by atoms with van der Waals surface area (Å²) in [5.74, 6) is -1.40. The standard InChI is InChI=1S/C6H2Cl2N2O4/c7-4-2(6(11)12)1-3(10(13)14)5(8)9-4/h1H,(H,11,12). The minimum atomic E-state index is -1.40. The number of pyridine rings is 1. The van der Waals surface area contributed by atoms with Crippen molar-refractivity contribution in [3.05, 3.63) is 32.1 Å². The van der Waals surface area contributed by atoms with Crippen molar-refractivity contribution in [2.75, 3.05) is 0 Å². The molecule has 1 aromatic rings. The van der Waals surface area contributed by atoms with Crippen molar-refractivity contribution in [3.8, 4) is 0 Å². The molecule has 0 aliphatic rings. The molecule has 0 saturated carbocycles. The smallest absolute Gasteiger partial charge is 0.339 e. The number of carboxylic acid groups (broad SMARTS) is 1. The Kier molecular flexibility index (Phi) is 2.87. The van der Waals surface area contributed by atoms with Gasteiger partial charge in [-0.2, -0.15) is 0 Å². The van der Waals surface area contributed by atoms with E-state index in [4.69, 9.17) is 28.3 Å². The number of nitrogens with zero attached hydrogens (tertiary/aromatic N) is 2. The number of nitro groups is 1.